The van der Waals surface area contributed by atoms with Crippen molar-refractivity contribution in [2.75, 3.05) is 25.1 Å². The number of ether oxygens (including phenoxy) is 1. The van der Waals surface area contributed by atoms with E-state index in [1.165, 1.54) is 31.9 Å². The number of hydrogen-bond donors (Lipinski definition) is 0. The van der Waals surface area contributed by atoms with Crippen LogP contribution in [-0.4, -0.2) is 30.7 Å². The number of anilines is 1. The highest BCUT2D eigenvalue weighted by molar-refractivity contribution is 5.96. The van der Waals surface area contributed by atoms with Crippen molar-refractivity contribution in [1.29, 1.82) is 0 Å². The average Bonchev–Trinajstić information content (AvgIpc) is 2.92. The summed E-state index contributed by atoms with van der Waals surface area (Å²) in [5, 5.41) is 0. The van der Waals surface area contributed by atoms with E-state index in [0.717, 1.165) is 30.3 Å². The molecular weight excluding hydrogens is 288 g/mol. The summed E-state index contributed by atoms with van der Waals surface area (Å²) in [5.41, 5.74) is 4.02. The van der Waals surface area contributed by atoms with Gasteiger partial charge in [-0.2, -0.15) is 0 Å². The highest BCUT2D eigenvalue weighted by Gasteiger charge is 2.25. The highest BCUT2D eigenvalue weighted by Crippen LogP contribution is 2.32. The molecule has 2 heterocycles. The number of piperidine rings is 1. The van der Waals surface area contributed by atoms with Crippen molar-refractivity contribution >= 4 is 11.8 Å². The number of nitrogens with zero attached hydrogens (tertiary/aromatic N) is 2. The number of methoxy groups -OCH3 is 1. The van der Waals surface area contributed by atoms with Crippen LogP contribution in [0.25, 0.3) is 5.69 Å². The van der Waals surface area contributed by atoms with Gasteiger partial charge in [-0.05, 0) is 56.9 Å². The minimum atomic E-state index is -0.264. The van der Waals surface area contributed by atoms with E-state index in [1.54, 1.807) is 0 Å². The second-order valence-corrected chi connectivity index (χ2v) is 6.24. The Morgan fingerprint density at radius 2 is 1.83 bits per heavy atom. The fourth-order valence-corrected chi connectivity index (χ4v) is 3.40. The lowest BCUT2D eigenvalue weighted by Gasteiger charge is -2.31. The Kier molecular flexibility index (Phi) is 4.42. The second kappa shape index (κ2) is 6.49. The quantitative estimate of drug-likeness (QED) is 0.807. The number of carbonyl (C=O) groups excluding carboxylic acids is 1. The van der Waals surface area contributed by atoms with E-state index in [0.29, 0.717) is 5.56 Å². The van der Waals surface area contributed by atoms with Crippen LogP contribution in [0.1, 0.15) is 40.9 Å². The van der Waals surface area contributed by atoms with Gasteiger partial charge in [0.2, 0.25) is 0 Å². The van der Waals surface area contributed by atoms with Crippen molar-refractivity contribution in [2.45, 2.75) is 33.1 Å². The molecular formula is C19H24N2O2. The predicted octanol–water partition coefficient (Wildman–Crippen LogP) is 3.87. The van der Waals surface area contributed by atoms with Crippen molar-refractivity contribution < 1.29 is 9.53 Å². The number of carbonyl (C=O) groups is 1. The molecule has 0 unspecified atom stereocenters. The molecule has 0 saturated carbocycles. The van der Waals surface area contributed by atoms with Gasteiger partial charge in [0.1, 0.15) is 11.4 Å². The van der Waals surface area contributed by atoms with E-state index in [2.05, 4.69) is 40.7 Å². The third-order valence-corrected chi connectivity index (χ3v) is 4.48. The van der Waals surface area contributed by atoms with Crippen LogP contribution in [-0.2, 0) is 4.74 Å². The Balaban J connectivity index is 2.17. The van der Waals surface area contributed by atoms with Gasteiger partial charge in [0.15, 0.2) is 0 Å². The fraction of sp³-hybridized carbons (Fsp3) is 0.421. The lowest BCUT2D eigenvalue weighted by atomic mass is 10.1. The lowest BCUT2D eigenvalue weighted by molar-refractivity contribution is 0.0601. The number of aromatic nitrogens is 1. The zero-order valence-corrected chi connectivity index (χ0v) is 14.1. The summed E-state index contributed by atoms with van der Waals surface area (Å²) in [6.07, 6.45) is 3.59. The molecule has 4 nitrogen and oxygen atoms in total. The van der Waals surface area contributed by atoms with E-state index >= 15 is 0 Å². The molecule has 0 aliphatic carbocycles. The van der Waals surface area contributed by atoms with Crippen LogP contribution in [0.15, 0.2) is 30.3 Å². The number of aryl methyl sites for hydroxylation is 2. The predicted molar refractivity (Wildman–Crippen MR) is 92.6 cm³/mol. The molecule has 0 radical (unpaired) electrons. The second-order valence-electron chi connectivity index (χ2n) is 6.24. The zero-order chi connectivity index (χ0) is 16.4. The van der Waals surface area contributed by atoms with Gasteiger partial charge in [0.25, 0.3) is 0 Å². The number of benzene rings is 1. The molecule has 1 aliphatic heterocycles. The van der Waals surface area contributed by atoms with Crippen LogP contribution in [0.4, 0.5) is 5.82 Å². The Hall–Kier alpha value is -2.23. The molecule has 1 aromatic heterocycles. The number of rotatable bonds is 3. The lowest BCUT2D eigenvalue weighted by Crippen LogP contribution is -2.32. The molecule has 23 heavy (non-hydrogen) atoms. The van der Waals surface area contributed by atoms with Crippen LogP contribution in [0.3, 0.4) is 0 Å². The van der Waals surface area contributed by atoms with Crippen molar-refractivity contribution in [3.63, 3.8) is 0 Å². The van der Waals surface area contributed by atoms with Crippen molar-refractivity contribution in [1.82, 2.24) is 4.57 Å². The summed E-state index contributed by atoms with van der Waals surface area (Å²) in [4.78, 5) is 14.6. The molecule has 1 aromatic carbocycles. The monoisotopic (exact) mass is 312 g/mol. The van der Waals surface area contributed by atoms with Gasteiger partial charge >= 0.3 is 5.97 Å². The van der Waals surface area contributed by atoms with Crippen LogP contribution in [0, 0.1) is 13.8 Å². The third-order valence-electron chi connectivity index (χ3n) is 4.48. The van der Waals surface area contributed by atoms with E-state index in [4.69, 9.17) is 4.74 Å². The first-order chi connectivity index (χ1) is 11.1. The van der Waals surface area contributed by atoms with Crippen LogP contribution in [0.5, 0.6) is 0 Å². The number of hydrogen-bond acceptors (Lipinski definition) is 3. The van der Waals surface area contributed by atoms with Gasteiger partial charge < -0.3 is 14.2 Å². The van der Waals surface area contributed by atoms with Gasteiger partial charge in [0.05, 0.1) is 7.11 Å². The normalized spacial score (nSPS) is 14.8. The van der Waals surface area contributed by atoms with Gasteiger partial charge in [-0.1, -0.05) is 12.1 Å². The minimum Gasteiger partial charge on any atom is -0.465 e. The third kappa shape index (κ3) is 2.98. The van der Waals surface area contributed by atoms with Crippen molar-refractivity contribution in [3.05, 3.63) is 47.2 Å². The largest absolute Gasteiger partial charge is 0.465 e. The SMILES string of the molecule is COC(=O)c1cc(C)n(-c2cccc(C)c2)c1N1CCCCC1. The zero-order valence-electron chi connectivity index (χ0n) is 14.1. The van der Waals surface area contributed by atoms with Crippen LogP contribution in [0.2, 0.25) is 0 Å². The fourth-order valence-electron chi connectivity index (χ4n) is 3.40. The van der Waals surface area contributed by atoms with E-state index in [1.807, 2.05) is 13.0 Å². The van der Waals surface area contributed by atoms with E-state index < -0.39 is 0 Å². The molecule has 3 rings (SSSR count). The Morgan fingerprint density at radius 3 is 2.48 bits per heavy atom. The summed E-state index contributed by atoms with van der Waals surface area (Å²) in [5.74, 6) is 0.708. The average molecular weight is 312 g/mol. The Morgan fingerprint density at radius 1 is 1.09 bits per heavy atom. The van der Waals surface area contributed by atoms with Crippen molar-refractivity contribution in [2.24, 2.45) is 0 Å². The van der Waals surface area contributed by atoms with E-state index in [9.17, 15) is 4.79 Å². The maximum atomic E-state index is 12.3. The summed E-state index contributed by atoms with van der Waals surface area (Å²) in [7, 11) is 1.45. The van der Waals surface area contributed by atoms with Crippen LogP contribution >= 0.6 is 0 Å². The molecule has 1 aliphatic rings. The first kappa shape index (κ1) is 15.7. The molecule has 0 atom stereocenters. The summed E-state index contributed by atoms with van der Waals surface area (Å²) < 4.78 is 7.20. The van der Waals surface area contributed by atoms with Gasteiger partial charge in [-0.3, -0.25) is 0 Å². The summed E-state index contributed by atoms with van der Waals surface area (Å²) in [6, 6.07) is 10.3. The highest BCUT2D eigenvalue weighted by atomic mass is 16.5. The number of esters is 1. The molecule has 1 fully saturated rings. The topological polar surface area (TPSA) is 34.5 Å². The maximum Gasteiger partial charge on any atom is 0.341 e. The van der Waals surface area contributed by atoms with Gasteiger partial charge in [-0.25, -0.2) is 4.79 Å². The van der Waals surface area contributed by atoms with E-state index in [-0.39, 0.29) is 5.97 Å². The molecule has 0 spiro atoms. The smallest absolute Gasteiger partial charge is 0.341 e. The standard InChI is InChI=1S/C19H24N2O2/c1-14-8-7-9-16(12-14)21-15(2)13-17(19(22)23-3)18(21)20-10-5-4-6-11-20/h7-9,12-13H,4-6,10-11H2,1-3H3. The summed E-state index contributed by atoms with van der Waals surface area (Å²) in [6.45, 7) is 6.10. The van der Waals surface area contributed by atoms with Gasteiger partial charge in [0, 0.05) is 24.5 Å². The molecule has 0 amide bonds. The molecule has 1 saturated heterocycles. The maximum absolute atomic E-state index is 12.3. The Bertz CT molecular complexity index is 712. The summed E-state index contributed by atoms with van der Waals surface area (Å²) >= 11 is 0. The first-order valence-corrected chi connectivity index (χ1v) is 8.24. The minimum absolute atomic E-state index is 0.264. The van der Waals surface area contributed by atoms with Crippen molar-refractivity contribution in [3.8, 4) is 5.69 Å². The van der Waals surface area contributed by atoms with Crippen LogP contribution < -0.4 is 4.90 Å². The molecule has 122 valence electrons. The van der Waals surface area contributed by atoms with Gasteiger partial charge in [-0.15, -0.1) is 0 Å². The Labute approximate surface area is 137 Å². The molecule has 4 heteroatoms. The molecule has 0 N–H and O–H groups in total. The molecule has 0 bridgehead atoms. The molecule has 2 aromatic rings. The first-order valence-electron chi connectivity index (χ1n) is 8.24.